The van der Waals surface area contributed by atoms with Crippen molar-refractivity contribution in [3.63, 3.8) is 0 Å². The summed E-state index contributed by atoms with van der Waals surface area (Å²) < 4.78 is 14.0. The van der Waals surface area contributed by atoms with Crippen LogP contribution in [-0.4, -0.2) is 11.0 Å². The van der Waals surface area contributed by atoms with Gasteiger partial charge in [0.1, 0.15) is 10.8 Å². The summed E-state index contributed by atoms with van der Waals surface area (Å²) in [5, 5.41) is 6.81. The molecule has 0 atom stereocenters. The third kappa shape index (κ3) is 4.13. The maximum Gasteiger partial charge on any atom is 0.319 e. The minimum atomic E-state index is -0.367. The molecule has 140 valence electrons. The summed E-state index contributed by atoms with van der Waals surface area (Å²) in [6, 6.07) is 18.8. The average Bonchev–Trinajstić information content (AvgIpc) is 3.11. The molecular weight excluding hydrogens is 397 g/mol. The lowest BCUT2D eigenvalue weighted by Crippen LogP contribution is -2.28. The molecule has 0 radical (unpaired) electrons. The number of amides is 2. The first-order valence-electron chi connectivity index (χ1n) is 8.53. The van der Waals surface area contributed by atoms with E-state index in [2.05, 4.69) is 15.6 Å². The van der Waals surface area contributed by atoms with Gasteiger partial charge in [-0.25, -0.2) is 14.2 Å². The number of hydrogen-bond acceptors (Lipinski definition) is 3. The lowest BCUT2D eigenvalue weighted by molar-refractivity contribution is 0.251. The zero-order chi connectivity index (χ0) is 19.5. The normalized spacial score (nSPS) is 10.8. The number of carbonyl (C=O) groups excluding carboxylic acids is 1. The predicted molar refractivity (Wildman–Crippen MR) is 112 cm³/mol. The first kappa shape index (κ1) is 18.4. The number of thiazole rings is 1. The van der Waals surface area contributed by atoms with Gasteiger partial charge in [-0.1, -0.05) is 35.9 Å². The van der Waals surface area contributed by atoms with Crippen LogP contribution in [0.1, 0.15) is 5.56 Å². The predicted octanol–water partition coefficient (Wildman–Crippen LogP) is 6.08. The largest absolute Gasteiger partial charge is 0.334 e. The second-order valence-corrected chi connectivity index (χ2v) is 7.55. The first-order valence-corrected chi connectivity index (χ1v) is 9.73. The van der Waals surface area contributed by atoms with Crippen molar-refractivity contribution in [2.45, 2.75) is 6.54 Å². The van der Waals surface area contributed by atoms with Gasteiger partial charge in [-0.15, -0.1) is 11.3 Å². The molecule has 1 aromatic heterocycles. The second-order valence-electron chi connectivity index (χ2n) is 6.12. The van der Waals surface area contributed by atoms with Crippen molar-refractivity contribution in [1.82, 2.24) is 10.3 Å². The van der Waals surface area contributed by atoms with E-state index in [1.807, 2.05) is 30.3 Å². The lowest BCUT2D eigenvalue weighted by Gasteiger charge is -2.09. The molecule has 0 saturated carbocycles. The quantitative estimate of drug-likeness (QED) is 0.427. The van der Waals surface area contributed by atoms with E-state index in [-0.39, 0.29) is 11.8 Å². The van der Waals surface area contributed by atoms with Gasteiger partial charge in [0.05, 0.1) is 15.2 Å². The third-order valence-electron chi connectivity index (χ3n) is 4.12. The summed E-state index contributed by atoms with van der Waals surface area (Å²) in [5.41, 5.74) is 3.13. The number of nitrogens with one attached hydrogen (secondary N) is 2. The molecule has 0 fully saturated rings. The second kappa shape index (κ2) is 7.96. The zero-order valence-corrected chi connectivity index (χ0v) is 16.2. The van der Waals surface area contributed by atoms with Crippen molar-refractivity contribution in [3.05, 3.63) is 83.1 Å². The molecule has 4 aromatic rings. The Bertz CT molecular complexity index is 1110. The van der Waals surface area contributed by atoms with E-state index in [0.717, 1.165) is 26.4 Å². The van der Waals surface area contributed by atoms with Crippen LogP contribution in [0.5, 0.6) is 0 Å². The Morgan fingerprint density at radius 1 is 1.07 bits per heavy atom. The number of rotatable bonds is 4. The van der Waals surface area contributed by atoms with Crippen LogP contribution >= 0.6 is 22.9 Å². The maximum atomic E-state index is 12.9. The van der Waals surface area contributed by atoms with Crippen LogP contribution in [0.4, 0.5) is 14.9 Å². The highest BCUT2D eigenvalue weighted by atomic mass is 35.5. The highest BCUT2D eigenvalue weighted by Gasteiger charge is 2.11. The van der Waals surface area contributed by atoms with E-state index in [9.17, 15) is 9.18 Å². The maximum absolute atomic E-state index is 12.9. The van der Waals surface area contributed by atoms with Gasteiger partial charge in [0.2, 0.25) is 0 Å². The lowest BCUT2D eigenvalue weighted by atomic mass is 10.2. The van der Waals surface area contributed by atoms with Crippen molar-refractivity contribution < 1.29 is 9.18 Å². The summed E-state index contributed by atoms with van der Waals surface area (Å²) in [6.07, 6.45) is 0. The molecule has 28 heavy (non-hydrogen) atoms. The molecule has 2 N–H and O–H groups in total. The number of hydrogen-bond donors (Lipinski definition) is 2. The molecule has 0 unspecified atom stereocenters. The molecule has 7 heteroatoms. The monoisotopic (exact) mass is 411 g/mol. The van der Waals surface area contributed by atoms with Gasteiger partial charge in [0, 0.05) is 17.8 Å². The van der Waals surface area contributed by atoms with Crippen molar-refractivity contribution in [3.8, 4) is 10.6 Å². The van der Waals surface area contributed by atoms with Crippen LogP contribution in [-0.2, 0) is 6.54 Å². The fourth-order valence-corrected chi connectivity index (χ4v) is 4.04. The molecule has 3 aromatic carbocycles. The van der Waals surface area contributed by atoms with Crippen LogP contribution in [0.2, 0.25) is 5.02 Å². The smallest absolute Gasteiger partial charge is 0.319 e. The van der Waals surface area contributed by atoms with Crippen LogP contribution in [0.15, 0.2) is 66.7 Å². The summed E-state index contributed by atoms with van der Waals surface area (Å²) in [5.74, 6) is -0.309. The number of anilines is 1. The molecule has 2 amide bonds. The first-order chi connectivity index (χ1) is 13.6. The van der Waals surface area contributed by atoms with Gasteiger partial charge in [-0.2, -0.15) is 0 Å². The minimum Gasteiger partial charge on any atom is -0.334 e. The third-order valence-corrected chi connectivity index (χ3v) is 5.50. The Hall–Kier alpha value is -2.96. The molecular formula is C21H15ClFN3OS. The van der Waals surface area contributed by atoms with Gasteiger partial charge >= 0.3 is 6.03 Å². The summed E-state index contributed by atoms with van der Waals surface area (Å²) >= 11 is 7.99. The molecule has 4 nitrogen and oxygen atoms in total. The topological polar surface area (TPSA) is 54.0 Å². The molecule has 0 aliphatic heterocycles. The summed E-state index contributed by atoms with van der Waals surface area (Å²) in [7, 11) is 0. The fourth-order valence-electron chi connectivity index (χ4n) is 2.71. The molecule has 0 saturated heterocycles. The molecule has 0 aliphatic rings. The summed E-state index contributed by atoms with van der Waals surface area (Å²) in [4.78, 5) is 16.7. The van der Waals surface area contributed by atoms with Crippen LogP contribution in [0.25, 0.3) is 20.8 Å². The molecule has 0 aliphatic carbocycles. The van der Waals surface area contributed by atoms with Gasteiger partial charge in [0.25, 0.3) is 0 Å². The van der Waals surface area contributed by atoms with E-state index in [4.69, 9.17) is 11.6 Å². The average molecular weight is 412 g/mol. The Morgan fingerprint density at radius 3 is 2.61 bits per heavy atom. The highest BCUT2D eigenvalue weighted by Crippen LogP contribution is 2.35. The Balaban J connectivity index is 1.43. The van der Waals surface area contributed by atoms with Crippen molar-refractivity contribution in [2.24, 2.45) is 0 Å². The van der Waals surface area contributed by atoms with Crippen LogP contribution < -0.4 is 10.6 Å². The number of fused-ring (bicyclic) bond motifs is 1. The van der Waals surface area contributed by atoms with E-state index >= 15 is 0 Å². The Kier molecular flexibility index (Phi) is 5.23. The van der Waals surface area contributed by atoms with Gasteiger partial charge in [0.15, 0.2) is 0 Å². The SMILES string of the molecule is O=C(NCc1ccc(F)cc1)Nc1ccc(-c2nc3ccccc3s2)c(Cl)c1. The zero-order valence-electron chi connectivity index (χ0n) is 14.6. The van der Waals surface area contributed by atoms with Gasteiger partial charge < -0.3 is 10.6 Å². The highest BCUT2D eigenvalue weighted by molar-refractivity contribution is 7.21. The standard InChI is InChI=1S/C21H15ClFN3OS/c22-17-11-15(25-21(27)24-12-13-5-7-14(23)8-6-13)9-10-16(17)20-26-18-3-1-2-4-19(18)28-20/h1-11H,12H2,(H2,24,25,27). The Morgan fingerprint density at radius 2 is 1.86 bits per heavy atom. The number of para-hydroxylation sites is 1. The summed E-state index contributed by atoms with van der Waals surface area (Å²) in [6.45, 7) is 0.295. The van der Waals surface area contributed by atoms with E-state index in [1.165, 1.54) is 12.1 Å². The molecule has 0 spiro atoms. The number of carbonyl (C=O) groups is 1. The molecule has 0 bridgehead atoms. The van der Waals surface area contributed by atoms with Crippen LogP contribution in [0, 0.1) is 5.82 Å². The van der Waals surface area contributed by atoms with Crippen molar-refractivity contribution >= 4 is 44.9 Å². The van der Waals surface area contributed by atoms with E-state index < -0.39 is 0 Å². The number of urea groups is 1. The number of halogens is 2. The number of benzene rings is 3. The minimum absolute atomic E-state index is 0.295. The molecule has 4 rings (SSSR count). The van der Waals surface area contributed by atoms with E-state index in [0.29, 0.717) is 17.3 Å². The van der Waals surface area contributed by atoms with Crippen molar-refractivity contribution in [2.75, 3.05) is 5.32 Å². The fraction of sp³-hybridized carbons (Fsp3) is 0.0476. The van der Waals surface area contributed by atoms with Crippen LogP contribution in [0.3, 0.4) is 0 Å². The number of aromatic nitrogens is 1. The molecule has 1 heterocycles. The number of nitrogens with zero attached hydrogens (tertiary/aromatic N) is 1. The van der Waals surface area contributed by atoms with Crippen molar-refractivity contribution in [1.29, 1.82) is 0 Å². The van der Waals surface area contributed by atoms with Gasteiger partial charge in [-0.3, -0.25) is 0 Å². The van der Waals surface area contributed by atoms with E-state index in [1.54, 1.807) is 35.6 Å². The Labute approximate surface area is 170 Å². The van der Waals surface area contributed by atoms with Gasteiger partial charge in [-0.05, 0) is 48.0 Å².